The Morgan fingerprint density at radius 2 is 2.35 bits per heavy atom. The number of carbonyl (C=O) groups excluding carboxylic acids is 1. The first kappa shape index (κ1) is 12.3. The number of aromatic nitrogens is 2. The molecule has 94 valence electrons. The van der Waals surface area contributed by atoms with Crippen LogP contribution < -0.4 is 0 Å². The fourth-order valence-electron chi connectivity index (χ4n) is 2.17. The molecule has 2 heterocycles. The molecule has 1 atom stereocenters. The number of rotatable bonds is 4. The molecule has 0 amide bonds. The number of Topliss-reactive ketones (excluding diaryl/α,β-unsaturated/α-hetero) is 1. The van der Waals surface area contributed by atoms with Crippen molar-refractivity contribution < 1.29 is 13.2 Å². The molecule has 1 unspecified atom stereocenters. The van der Waals surface area contributed by atoms with Crippen LogP contribution in [0.4, 0.5) is 0 Å². The maximum absolute atomic E-state index is 11.8. The van der Waals surface area contributed by atoms with Gasteiger partial charge in [-0.2, -0.15) is 0 Å². The second-order valence-electron chi connectivity index (χ2n) is 4.64. The minimum Gasteiger partial charge on any atom is -0.338 e. The molecule has 17 heavy (non-hydrogen) atoms. The number of carbonyl (C=O) groups is 1. The number of nitrogens with zero attached hydrogens (tertiary/aromatic N) is 2. The fraction of sp³-hybridized carbons (Fsp3) is 0.636. The molecule has 0 N–H and O–H groups in total. The standard InChI is InChI=1S/C11H16N2O3S/c1-13-4-3-12-11(13)7-10(14)6-9-2-5-17(15,16)8-9/h3-4,9H,2,5-8H2,1H3. The molecular weight excluding hydrogens is 240 g/mol. The van der Waals surface area contributed by atoms with Crippen molar-refractivity contribution in [1.82, 2.24) is 9.55 Å². The van der Waals surface area contributed by atoms with Crippen molar-refractivity contribution in [2.24, 2.45) is 13.0 Å². The molecule has 6 heteroatoms. The van der Waals surface area contributed by atoms with Gasteiger partial charge in [0.2, 0.25) is 0 Å². The van der Waals surface area contributed by atoms with Gasteiger partial charge >= 0.3 is 0 Å². The Hall–Kier alpha value is -1.17. The van der Waals surface area contributed by atoms with E-state index in [0.29, 0.717) is 19.3 Å². The molecule has 1 aromatic heterocycles. The summed E-state index contributed by atoms with van der Waals surface area (Å²) in [5.74, 6) is 1.21. The van der Waals surface area contributed by atoms with Gasteiger partial charge < -0.3 is 4.57 Å². The highest BCUT2D eigenvalue weighted by atomic mass is 32.2. The largest absolute Gasteiger partial charge is 0.338 e. The second-order valence-corrected chi connectivity index (χ2v) is 6.87. The average Bonchev–Trinajstić information content (AvgIpc) is 2.74. The minimum absolute atomic E-state index is 0.00719. The smallest absolute Gasteiger partial charge is 0.150 e. The van der Waals surface area contributed by atoms with Crippen LogP contribution in [-0.2, 0) is 28.1 Å². The Kier molecular flexibility index (Phi) is 3.33. The van der Waals surface area contributed by atoms with Gasteiger partial charge in [0, 0.05) is 25.9 Å². The van der Waals surface area contributed by atoms with Crippen LogP contribution >= 0.6 is 0 Å². The Bertz CT molecular complexity index is 519. The Balaban J connectivity index is 1.89. The van der Waals surface area contributed by atoms with Gasteiger partial charge in [-0.3, -0.25) is 4.79 Å². The highest BCUT2D eigenvalue weighted by Crippen LogP contribution is 2.22. The third-order valence-electron chi connectivity index (χ3n) is 3.12. The first-order valence-corrected chi connectivity index (χ1v) is 7.47. The zero-order valence-electron chi connectivity index (χ0n) is 9.80. The molecule has 0 aromatic carbocycles. The van der Waals surface area contributed by atoms with Crippen LogP contribution in [0, 0.1) is 5.92 Å². The van der Waals surface area contributed by atoms with Crippen LogP contribution in [0.25, 0.3) is 0 Å². The van der Waals surface area contributed by atoms with Gasteiger partial charge in [-0.1, -0.05) is 0 Å². The molecule has 5 nitrogen and oxygen atoms in total. The van der Waals surface area contributed by atoms with Crippen LogP contribution in [0.1, 0.15) is 18.7 Å². The second kappa shape index (κ2) is 4.60. The van der Waals surface area contributed by atoms with Gasteiger partial charge in [-0.05, 0) is 12.3 Å². The van der Waals surface area contributed by atoms with Crippen LogP contribution in [-0.4, -0.2) is 35.3 Å². The van der Waals surface area contributed by atoms with Crippen molar-refractivity contribution in [1.29, 1.82) is 0 Å². The van der Waals surface area contributed by atoms with Crippen molar-refractivity contribution in [3.63, 3.8) is 0 Å². The Labute approximate surface area is 101 Å². The number of hydrogen-bond acceptors (Lipinski definition) is 4. The highest BCUT2D eigenvalue weighted by molar-refractivity contribution is 7.91. The van der Waals surface area contributed by atoms with Gasteiger partial charge in [0.25, 0.3) is 0 Å². The first-order valence-electron chi connectivity index (χ1n) is 5.64. The summed E-state index contributed by atoms with van der Waals surface area (Å²) in [4.78, 5) is 15.9. The van der Waals surface area contributed by atoms with E-state index in [9.17, 15) is 13.2 Å². The maximum Gasteiger partial charge on any atom is 0.150 e. The molecule has 1 aliphatic rings. The molecule has 1 saturated heterocycles. The van der Waals surface area contributed by atoms with E-state index >= 15 is 0 Å². The lowest BCUT2D eigenvalue weighted by Crippen LogP contribution is -2.14. The molecular formula is C11H16N2O3S. The van der Waals surface area contributed by atoms with Crippen molar-refractivity contribution in [2.75, 3.05) is 11.5 Å². The highest BCUT2D eigenvalue weighted by Gasteiger charge is 2.29. The summed E-state index contributed by atoms with van der Waals surface area (Å²) in [6, 6.07) is 0. The van der Waals surface area contributed by atoms with E-state index in [0.717, 1.165) is 5.82 Å². The Morgan fingerprint density at radius 1 is 1.59 bits per heavy atom. The van der Waals surface area contributed by atoms with Crippen molar-refractivity contribution >= 4 is 15.6 Å². The molecule has 2 rings (SSSR count). The van der Waals surface area contributed by atoms with E-state index < -0.39 is 9.84 Å². The van der Waals surface area contributed by atoms with Gasteiger partial charge in [0.15, 0.2) is 9.84 Å². The van der Waals surface area contributed by atoms with E-state index in [4.69, 9.17) is 0 Å². The summed E-state index contributed by atoms with van der Waals surface area (Å²) in [6.07, 6.45) is 4.71. The SMILES string of the molecule is Cn1ccnc1CC(=O)CC1CCS(=O)(=O)C1. The van der Waals surface area contributed by atoms with Crippen LogP contribution in [0.2, 0.25) is 0 Å². The predicted molar refractivity (Wildman–Crippen MR) is 63.3 cm³/mol. The van der Waals surface area contributed by atoms with Gasteiger partial charge in [0.1, 0.15) is 11.6 Å². The first-order chi connectivity index (χ1) is 7.96. The molecule has 0 bridgehead atoms. The summed E-state index contributed by atoms with van der Waals surface area (Å²) in [5, 5.41) is 0. The number of ketones is 1. The molecule has 0 spiro atoms. The van der Waals surface area contributed by atoms with Gasteiger partial charge in [-0.15, -0.1) is 0 Å². The van der Waals surface area contributed by atoms with Gasteiger partial charge in [-0.25, -0.2) is 13.4 Å². The summed E-state index contributed by atoms with van der Waals surface area (Å²) in [5.41, 5.74) is 0. The summed E-state index contributed by atoms with van der Waals surface area (Å²) >= 11 is 0. The minimum atomic E-state index is -2.88. The Morgan fingerprint density at radius 3 is 2.88 bits per heavy atom. The topological polar surface area (TPSA) is 69.0 Å². The zero-order chi connectivity index (χ0) is 12.5. The lowest BCUT2D eigenvalue weighted by atomic mass is 10.0. The van der Waals surface area contributed by atoms with Crippen molar-refractivity contribution in [3.05, 3.63) is 18.2 Å². The number of hydrogen-bond donors (Lipinski definition) is 0. The fourth-order valence-corrected chi connectivity index (χ4v) is 4.03. The molecule has 1 aliphatic heterocycles. The van der Waals surface area contributed by atoms with E-state index in [1.807, 2.05) is 11.6 Å². The summed E-state index contributed by atoms with van der Waals surface area (Å²) < 4.78 is 24.3. The molecule has 0 aliphatic carbocycles. The average molecular weight is 256 g/mol. The van der Waals surface area contributed by atoms with Crippen molar-refractivity contribution in [2.45, 2.75) is 19.3 Å². The number of aryl methyl sites for hydroxylation is 1. The van der Waals surface area contributed by atoms with Crippen LogP contribution in [0.3, 0.4) is 0 Å². The van der Waals surface area contributed by atoms with Crippen LogP contribution in [0.5, 0.6) is 0 Å². The van der Waals surface area contributed by atoms with Gasteiger partial charge in [0.05, 0.1) is 17.9 Å². The lowest BCUT2D eigenvalue weighted by molar-refractivity contribution is -0.119. The van der Waals surface area contributed by atoms with E-state index in [2.05, 4.69) is 4.98 Å². The number of imidazole rings is 1. The predicted octanol–water partition coefficient (Wildman–Crippen LogP) is 0.357. The third-order valence-corrected chi connectivity index (χ3v) is 4.96. The normalized spacial score (nSPS) is 22.8. The molecule has 0 saturated carbocycles. The molecule has 1 aromatic rings. The molecule has 1 fully saturated rings. The van der Waals surface area contributed by atoms with Crippen molar-refractivity contribution in [3.8, 4) is 0 Å². The lowest BCUT2D eigenvalue weighted by Gasteiger charge is -2.06. The number of sulfone groups is 1. The summed E-state index contributed by atoms with van der Waals surface area (Å²) in [6.45, 7) is 0. The third kappa shape index (κ3) is 3.15. The van der Waals surface area contributed by atoms with Crippen LogP contribution in [0.15, 0.2) is 12.4 Å². The van der Waals surface area contributed by atoms with E-state index in [1.54, 1.807) is 12.4 Å². The van der Waals surface area contributed by atoms with E-state index in [-0.39, 0.29) is 23.2 Å². The maximum atomic E-state index is 11.8. The zero-order valence-corrected chi connectivity index (χ0v) is 10.6. The molecule has 0 radical (unpaired) electrons. The monoisotopic (exact) mass is 256 g/mol. The van der Waals surface area contributed by atoms with E-state index in [1.165, 1.54) is 0 Å². The quantitative estimate of drug-likeness (QED) is 0.780. The summed E-state index contributed by atoms with van der Waals surface area (Å²) in [7, 11) is -1.04.